The standard InChI is InChI=1S/C19H21F3O2S/c1-3-23-17(13-25-18-6-4-5-14(2)11-18)12-24-16-9-7-15(8-10-16)19(20,21)22/h4-11,17H,3,12-13H2,1-2H3/t17-/m1/s1. The van der Waals surface area contributed by atoms with Crippen LogP contribution in [-0.2, 0) is 10.9 Å². The Balaban J connectivity index is 1.88. The fourth-order valence-electron chi connectivity index (χ4n) is 2.20. The number of alkyl halides is 3. The Morgan fingerprint density at radius 2 is 1.80 bits per heavy atom. The number of rotatable bonds is 8. The van der Waals surface area contributed by atoms with Crippen LogP contribution < -0.4 is 4.74 Å². The maximum absolute atomic E-state index is 12.6. The number of hydrogen-bond donors (Lipinski definition) is 0. The Kier molecular flexibility index (Phi) is 7.20. The molecule has 0 N–H and O–H groups in total. The van der Waals surface area contributed by atoms with Gasteiger partial charge in [0.05, 0.1) is 5.56 Å². The van der Waals surface area contributed by atoms with E-state index in [1.54, 1.807) is 11.8 Å². The predicted octanol–water partition coefficient (Wildman–Crippen LogP) is 5.59. The molecule has 0 saturated heterocycles. The molecule has 0 aliphatic carbocycles. The monoisotopic (exact) mass is 370 g/mol. The third kappa shape index (κ3) is 6.63. The Morgan fingerprint density at radius 3 is 2.40 bits per heavy atom. The molecule has 0 bridgehead atoms. The van der Waals surface area contributed by atoms with Gasteiger partial charge >= 0.3 is 6.18 Å². The van der Waals surface area contributed by atoms with Gasteiger partial charge in [-0.1, -0.05) is 17.7 Å². The zero-order chi connectivity index (χ0) is 18.3. The molecule has 0 spiro atoms. The first-order valence-corrected chi connectivity index (χ1v) is 8.98. The molecule has 6 heteroatoms. The molecule has 2 nitrogen and oxygen atoms in total. The lowest BCUT2D eigenvalue weighted by Crippen LogP contribution is -2.24. The Morgan fingerprint density at radius 1 is 1.08 bits per heavy atom. The van der Waals surface area contributed by atoms with Crippen molar-refractivity contribution in [1.29, 1.82) is 0 Å². The van der Waals surface area contributed by atoms with Crippen LogP contribution in [0.5, 0.6) is 5.75 Å². The number of hydrogen-bond acceptors (Lipinski definition) is 3. The highest BCUT2D eigenvalue weighted by Gasteiger charge is 2.30. The molecule has 136 valence electrons. The first kappa shape index (κ1) is 19.7. The topological polar surface area (TPSA) is 18.5 Å². The molecule has 2 aromatic carbocycles. The summed E-state index contributed by atoms with van der Waals surface area (Å²) in [5, 5.41) is 0. The molecule has 0 aliphatic rings. The van der Waals surface area contributed by atoms with Crippen molar-refractivity contribution in [3.8, 4) is 5.75 Å². The van der Waals surface area contributed by atoms with Crippen molar-refractivity contribution in [3.63, 3.8) is 0 Å². The third-order valence-corrected chi connectivity index (χ3v) is 4.57. The zero-order valence-corrected chi connectivity index (χ0v) is 15.0. The highest BCUT2D eigenvalue weighted by Crippen LogP contribution is 2.30. The highest BCUT2D eigenvalue weighted by atomic mass is 32.2. The largest absolute Gasteiger partial charge is 0.491 e. The molecule has 25 heavy (non-hydrogen) atoms. The molecule has 0 radical (unpaired) electrons. The van der Waals surface area contributed by atoms with Gasteiger partial charge in [0.1, 0.15) is 18.5 Å². The van der Waals surface area contributed by atoms with Crippen molar-refractivity contribution in [1.82, 2.24) is 0 Å². The summed E-state index contributed by atoms with van der Waals surface area (Å²) in [6.45, 7) is 4.79. The summed E-state index contributed by atoms with van der Waals surface area (Å²) in [6, 6.07) is 12.9. The van der Waals surface area contributed by atoms with Gasteiger partial charge in [-0.25, -0.2) is 0 Å². The maximum atomic E-state index is 12.6. The maximum Gasteiger partial charge on any atom is 0.416 e. The number of benzene rings is 2. The van der Waals surface area contributed by atoms with Gasteiger partial charge in [-0.15, -0.1) is 11.8 Å². The lowest BCUT2D eigenvalue weighted by Gasteiger charge is -2.18. The van der Waals surface area contributed by atoms with Gasteiger partial charge in [0.15, 0.2) is 0 Å². The van der Waals surface area contributed by atoms with E-state index in [-0.39, 0.29) is 12.7 Å². The van der Waals surface area contributed by atoms with E-state index in [0.29, 0.717) is 18.1 Å². The van der Waals surface area contributed by atoms with E-state index < -0.39 is 11.7 Å². The van der Waals surface area contributed by atoms with E-state index in [9.17, 15) is 13.2 Å². The van der Waals surface area contributed by atoms with Crippen molar-refractivity contribution in [2.24, 2.45) is 0 Å². The molecule has 0 amide bonds. The van der Waals surface area contributed by atoms with Crippen LogP contribution in [0.4, 0.5) is 13.2 Å². The molecule has 0 aromatic heterocycles. The van der Waals surface area contributed by atoms with E-state index in [4.69, 9.17) is 9.47 Å². The third-order valence-electron chi connectivity index (χ3n) is 3.45. The van der Waals surface area contributed by atoms with Crippen LogP contribution in [0, 0.1) is 6.92 Å². The molecule has 0 heterocycles. The highest BCUT2D eigenvalue weighted by molar-refractivity contribution is 7.99. The van der Waals surface area contributed by atoms with Crippen molar-refractivity contribution < 1.29 is 22.6 Å². The molecule has 2 aromatic rings. The quantitative estimate of drug-likeness (QED) is 0.564. The van der Waals surface area contributed by atoms with Crippen LogP contribution >= 0.6 is 11.8 Å². The summed E-state index contributed by atoms with van der Waals surface area (Å²) in [5.74, 6) is 1.11. The van der Waals surface area contributed by atoms with E-state index in [1.165, 1.54) is 17.7 Å². The molecular weight excluding hydrogens is 349 g/mol. The average molecular weight is 370 g/mol. The smallest absolute Gasteiger partial charge is 0.416 e. The second kappa shape index (κ2) is 9.15. The van der Waals surface area contributed by atoms with Crippen molar-refractivity contribution in [2.75, 3.05) is 19.0 Å². The van der Waals surface area contributed by atoms with E-state index >= 15 is 0 Å². The summed E-state index contributed by atoms with van der Waals surface area (Å²) in [4.78, 5) is 1.15. The number of aryl methyl sites for hydroxylation is 1. The van der Waals surface area contributed by atoms with Crippen LogP contribution in [0.25, 0.3) is 0 Å². The first-order chi connectivity index (χ1) is 11.9. The summed E-state index contributed by atoms with van der Waals surface area (Å²) in [6.07, 6.45) is -4.48. The van der Waals surface area contributed by atoms with Crippen LogP contribution in [0.1, 0.15) is 18.1 Å². The molecule has 0 fully saturated rings. The van der Waals surface area contributed by atoms with Gasteiger partial charge in [-0.05, 0) is 50.2 Å². The van der Waals surface area contributed by atoms with Gasteiger partial charge in [0.2, 0.25) is 0 Å². The van der Waals surface area contributed by atoms with Gasteiger partial charge in [0, 0.05) is 17.3 Å². The average Bonchev–Trinajstić information content (AvgIpc) is 2.57. The molecule has 0 saturated carbocycles. The van der Waals surface area contributed by atoms with Gasteiger partial charge in [-0.3, -0.25) is 0 Å². The van der Waals surface area contributed by atoms with E-state index in [1.807, 2.05) is 32.0 Å². The summed E-state index contributed by atoms with van der Waals surface area (Å²) < 4.78 is 48.9. The minimum absolute atomic E-state index is 0.141. The van der Waals surface area contributed by atoms with Gasteiger partial charge in [0.25, 0.3) is 0 Å². The fourth-order valence-corrected chi connectivity index (χ4v) is 3.22. The molecular formula is C19H21F3O2S. The van der Waals surface area contributed by atoms with Crippen LogP contribution in [0.15, 0.2) is 53.4 Å². The van der Waals surface area contributed by atoms with Crippen LogP contribution in [-0.4, -0.2) is 25.1 Å². The number of thioether (sulfide) groups is 1. The van der Waals surface area contributed by atoms with E-state index in [2.05, 4.69) is 6.07 Å². The Labute approximate surface area is 150 Å². The first-order valence-electron chi connectivity index (χ1n) is 7.99. The second-order valence-electron chi connectivity index (χ2n) is 5.54. The molecule has 2 rings (SSSR count). The van der Waals surface area contributed by atoms with Crippen LogP contribution in [0.3, 0.4) is 0 Å². The molecule has 1 atom stereocenters. The minimum atomic E-state index is -4.34. The Hall–Kier alpha value is -1.66. The summed E-state index contributed by atoms with van der Waals surface area (Å²) >= 11 is 1.67. The van der Waals surface area contributed by atoms with Crippen molar-refractivity contribution in [3.05, 3.63) is 59.7 Å². The zero-order valence-electron chi connectivity index (χ0n) is 14.2. The lowest BCUT2D eigenvalue weighted by molar-refractivity contribution is -0.137. The minimum Gasteiger partial charge on any atom is -0.491 e. The molecule has 0 unspecified atom stereocenters. The van der Waals surface area contributed by atoms with Gasteiger partial charge < -0.3 is 9.47 Å². The van der Waals surface area contributed by atoms with E-state index in [0.717, 1.165) is 17.0 Å². The normalized spacial score (nSPS) is 12.8. The second-order valence-corrected chi connectivity index (χ2v) is 6.63. The molecule has 0 aliphatic heterocycles. The van der Waals surface area contributed by atoms with Crippen molar-refractivity contribution in [2.45, 2.75) is 31.0 Å². The SMILES string of the molecule is CCO[C@H](COc1ccc(C(F)(F)F)cc1)CSc1cccc(C)c1. The van der Waals surface area contributed by atoms with Gasteiger partial charge in [-0.2, -0.15) is 13.2 Å². The predicted molar refractivity (Wildman–Crippen MR) is 94.3 cm³/mol. The van der Waals surface area contributed by atoms with Crippen LogP contribution in [0.2, 0.25) is 0 Å². The number of ether oxygens (including phenoxy) is 2. The fraction of sp³-hybridized carbons (Fsp3) is 0.368. The van der Waals surface area contributed by atoms with Crippen molar-refractivity contribution >= 4 is 11.8 Å². The number of halogens is 3. The summed E-state index contributed by atoms with van der Waals surface area (Å²) in [5.41, 5.74) is 0.509. The lowest BCUT2D eigenvalue weighted by atomic mass is 10.2. The Bertz CT molecular complexity index is 656. The summed E-state index contributed by atoms with van der Waals surface area (Å²) in [7, 11) is 0.